The van der Waals surface area contributed by atoms with E-state index in [1.807, 2.05) is 13.0 Å². The summed E-state index contributed by atoms with van der Waals surface area (Å²) >= 11 is 0. The van der Waals surface area contributed by atoms with Gasteiger partial charge in [-0.1, -0.05) is 12.1 Å². The number of rotatable bonds is 6. The number of piperidine rings is 1. The number of likely N-dealkylation sites (tertiary alicyclic amines) is 1. The minimum Gasteiger partial charge on any atom is -0.357 e. The van der Waals surface area contributed by atoms with E-state index in [1.165, 1.54) is 18.9 Å². The van der Waals surface area contributed by atoms with Crippen LogP contribution in [-0.2, 0) is 6.54 Å². The molecule has 0 spiro atoms. The maximum Gasteiger partial charge on any atom is 0.269 e. The average molecular weight is 345 g/mol. The fourth-order valence-corrected chi connectivity index (χ4v) is 3.30. The van der Waals surface area contributed by atoms with Crippen molar-refractivity contribution in [2.75, 3.05) is 19.6 Å². The molecule has 7 nitrogen and oxygen atoms in total. The van der Waals surface area contributed by atoms with E-state index in [4.69, 9.17) is 0 Å². The number of hydrogen-bond acceptors (Lipinski definition) is 4. The minimum absolute atomic E-state index is 0.109. The summed E-state index contributed by atoms with van der Waals surface area (Å²) in [4.78, 5) is 17.7. The number of nitro benzene ring substituents is 1. The molecule has 1 aliphatic carbocycles. The lowest BCUT2D eigenvalue weighted by Gasteiger charge is -2.33. The summed E-state index contributed by atoms with van der Waals surface area (Å²) in [7, 11) is 0. The van der Waals surface area contributed by atoms with E-state index in [0.29, 0.717) is 12.6 Å². The molecule has 1 aliphatic heterocycles. The molecule has 0 radical (unpaired) electrons. The summed E-state index contributed by atoms with van der Waals surface area (Å²) in [5, 5.41) is 17.7. The van der Waals surface area contributed by atoms with E-state index in [1.54, 1.807) is 12.1 Å². The van der Waals surface area contributed by atoms with Gasteiger partial charge in [-0.15, -0.1) is 0 Å². The molecular weight excluding hydrogens is 318 g/mol. The Kier molecular flexibility index (Phi) is 5.86. The first-order chi connectivity index (χ1) is 12.2. The van der Waals surface area contributed by atoms with Crippen molar-refractivity contribution >= 4 is 11.6 Å². The molecule has 3 rings (SSSR count). The van der Waals surface area contributed by atoms with Gasteiger partial charge in [-0.2, -0.15) is 0 Å². The maximum atomic E-state index is 10.9. The Hall–Kier alpha value is -2.15. The molecule has 0 amide bonds. The third-order valence-electron chi connectivity index (χ3n) is 4.82. The standard InChI is InChI=1S/C18H27N5O2/c1-2-19-18(20-13-14-4-3-5-17(12-14)23(24)25)21-15-8-10-22(11-9-15)16-6-7-16/h3-5,12,15-16H,2,6-11,13H2,1H3,(H2,19,20,21). The number of aliphatic imine (C=N–C) groups is 1. The molecule has 0 bridgehead atoms. The van der Waals surface area contributed by atoms with Gasteiger partial charge in [0.1, 0.15) is 0 Å². The van der Waals surface area contributed by atoms with Crippen molar-refractivity contribution in [2.45, 2.75) is 51.2 Å². The molecule has 136 valence electrons. The van der Waals surface area contributed by atoms with E-state index in [-0.39, 0.29) is 10.6 Å². The van der Waals surface area contributed by atoms with Crippen molar-refractivity contribution in [1.82, 2.24) is 15.5 Å². The topological polar surface area (TPSA) is 82.8 Å². The predicted octanol–water partition coefficient (Wildman–Crippen LogP) is 2.28. The van der Waals surface area contributed by atoms with Crippen molar-refractivity contribution in [2.24, 2.45) is 4.99 Å². The van der Waals surface area contributed by atoms with E-state index in [9.17, 15) is 10.1 Å². The predicted molar refractivity (Wildman–Crippen MR) is 98.7 cm³/mol. The number of guanidine groups is 1. The quantitative estimate of drug-likeness (QED) is 0.358. The number of non-ortho nitro benzene ring substituents is 1. The summed E-state index contributed by atoms with van der Waals surface area (Å²) in [5.74, 6) is 0.791. The second kappa shape index (κ2) is 8.29. The summed E-state index contributed by atoms with van der Waals surface area (Å²) < 4.78 is 0. The molecule has 0 atom stereocenters. The van der Waals surface area contributed by atoms with Gasteiger partial charge in [0.25, 0.3) is 5.69 Å². The third kappa shape index (κ3) is 5.16. The number of benzene rings is 1. The van der Waals surface area contributed by atoms with Gasteiger partial charge in [-0.05, 0) is 38.2 Å². The molecule has 1 aromatic rings. The first-order valence-electron chi connectivity index (χ1n) is 9.18. The van der Waals surface area contributed by atoms with Crippen LogP contribution in [0.3, 0.4) is 0 Å². The van der Waals surface area contributed by atoms with Crippen LogP contribution in [0.25, 0.3) is 0 Å². The van der Waals surface area contributed by atoms with Crippen LogP contribution in [0.5, 0.6) is 0 Å². The van der Waals surface area contributed by atoms with Gasteiger partial charge in [0.2, 0.25) is 0 Å². The van der Waals surface area contributed by atoms with Gasteiger partial charge in [0.05, 0.1) is 11.5 Å². The monoisotopic (exact) mass is 345 g/mol. The lowest BCUT2D eigenvalue weighted by atomic mass is 10.1. The number of hydrogen-bond donors (Lipinski definition) is 2. The van der Waals surface area contributed by atoms with E-state index in [2.05, 4.69) is 20.5 Å². The Bertz CT molecular complexity index is 622. The van der Waals surface area contributed by atoms with Crippen molar-refractivity contribution in [3.05, 3.63) is 39.9 Å². The smallest absolute Gasteiger partial charge is 0.269 e. The van der Waals surface area contributed by atoms with Crippen LogP contribution < -0.4 is 10.6 Å². The van der Waals surface area contributed by atoms with Crippen LogP contribution in [0.1, 0.15) is 38.2 Å². The molecule has 25 heavy (non-hydrogen) atoms. The third-order valence-corrected chi connectivity index (χ3v) is 4.82. The SMILES string of the molecule is CCNC(=NCc1cccc([N+](=O)[O-])c1)NC1CCN(C2CC2)CC1. The molecule has 1 saturated heterocycles. The molecule has 1 aromatic carbocycles. The molecule has 2 aliphatic rings. The zero-order chi connectivity index (χ0) is 17.6. The van der Waals surface area contributed by atoms with Gasteiger partial charge in [-0.3, -0.25) is 10.1 Å². The van der Waals surface area contributed by atoms with E-state index in [0.717, 1.165) is 50.0 Å². The van der Waals surface area contributed by atoms with Crippen LogP contribution in [0, 0.1) is 10.1 Å². The first kappa shape index (κ1) is 17.7. The van der Waals surface area contributed by atoms with Gasteiger partial charge in [0, 0.05) is 43.9 Å². The van der Waals surface area contributed by atoms with Gasteiger partial charge >= 0.3 is 0 Å². The second-order valence-electron chi connectivity index (χ2n) is 6.81. The van der Waals surface area contributed by atoms with Crippen LogP contribution in [0.4, 0.5) is 5.69 Å². The van der Waals surface area contributed by atoms with Crippen molar-refractivity contribution < 1.29 is 4.92 Å². The average Bonchev–Trinajstić information content (AvgIpc) is 3.46. The zero-order valence-corrected chi connectivity index (χ0v) is 14.8. The van der Waals surface area contributed by atoms with E-state index < -0.39 is 0 Å². The maximum absolute atomic E-state index is 10.9. The molecule has 0 unspecified atom stereocenters. The lowest BCUT2D eigenvalue weighted by molar-refractivity contribution is -0.384. The zero-order valence-electron chi connectivity index (χ0n) is 14.8. The highest BCUT2D eigenvalue weighted by atomic mass is 16.6. The van der Waals surface area contributed by atoms with Crippen LogP contribution >= 0.6 is 0 Å². The second-order valence-corrected chi connectivity index (χ2v) is 6.81. The van der Waals surface area contributed by atoms with Gasteiger partial charge in [0.15, 0.2) is 5.96 Å². The summed E-state index contributed by atoms with van der Waals surface area (Å²) in [6.07, 6.45) is 5.01. The van der Waals surface area contributed by atoms with Crippen molar-refractivity contribution in [1.29, 1.82) is 0 Å². The van der Waals surface area contributed by atoms with Crippen LogP contribution in [0.15, 0.2) is 29.3 Å². The lowest BCUT2D eigenvalue weighted by Crippen LogP contribution is -2.49. The van der Waals surface area contributed by atoms with Crippen molar-refractivity contribution in [3.63, 3.8) is 0 Å². The normalized spacial score (nSPS) is 19.6. The minimum atomic E-state index is -0.371. The fourth-order valence-electron chi connectivity index (χ4n) is 3.30. The molecule has 2 N–H and O–H groups in total. The number of nitrogens with zero attached hydrogens (tertiary/aromatic N) is 3. The molecule has 1 heterocycles. The molecular formula is C18H27N5O2. The molecule has 0 aromatic heterocycles. The number of nitrogens with one attached hydrogen (secondary N) is 2. The molecule has 2 fully saturated rings. The Morgan fingerprint density at radius 3 is 2.72 bits per heavy atom. The number of nitro groups is 1. The van der Waals surface area contributed by atoms with Crippen LogP contribution in [-0.4, -0.2) is 47.5 Å². The summed E-state index contributed by atoms with van der Waals surface area (Å²) in [5.41, 5.74) is 0.952. The Balaban J connectivity index is 1.55. The Morgan fingerprint density at radius 2 is 2.08 bits per heavy atom. The summed E-state index contributed by atoms with van der Waals surface area (Å²) in [6, 6.07) is 7.95. The summed E-state index contributed by atoms with van der Waals surface area (Å²) in [6.45, 7) is 5.58. The van der Waals surface area contributed by atoms with Gasteiger partial charge in [-0.25, -0.2) is 4.99 Å². The highest BCUT2D eigenvalue weighted by Gasteiger charge is 2.31. The Morgan fingerprint density at radius 1 is 1.32 bits per heavy atom. The van der Waals surface area contributed by atoms with Gasteiger partial charge < -0.3 is 15.5 Å². The Labute approximate surface area is 148 Å². The van der Waals surface area contributed by atoms with Crippen LogP contribution in [0.2, 0.25) is 0 Å². The van der Waals surface area contributed by atoms with E-state index >= 15 is 0 Å². The molecule has 1 saturated carbocycles. The van der Waals surface area contributed by atoms with Crippen molar-refractivity contribution in [3.8, 4) is 0 Å². The fraction of sp³-hybridized carbons (Fsp3) is 0.611. The largest absolute Gasteiger partial charge is 0.357 e. The highest BCUT2D eigenvalue weighted by molar-refractivity contribution is 5.80. The highest BCUT2D eigenvalue weighted by Crippen LogP contribution is 2.29. The molecule has 7 heteroatoms. The first-order valence-corrected chi connectivity index (χ1v) is 9.18.